The van der Waals surface area contributed by atoms with Crippen molar-refractivity contribution in [2.75, 3.05) is 32.0 Å². The molecule has 1 atom stereocenters. The predicted molar refractivity (Wildman–Crippen MR) is 112 cm³/mol. The molecule has 28 heavy (non-hydrogen) atoms. The van der Waals surface area contributed by atoms with Crippen molar-refractivity contribution in [3.05, 3.63) is 59.7 Å². The van der Waals surface area contributed by atoms with E-state index in [9.17, 15) is 13.2 Å². The first kappa shape index (κ1) is 22.1. The quantitative estimate of drug-likeness (QED) is 0.668. The average molecular weight is 405 g/mol. The molecule has 2 N–H and O–H groups in total. The Morgan fingerprint density at radius 3 is 2.39 bits per heavy atom. The molecule has 0 fully saturated rings. The summed E-state index contributed by atoms with van der Waals surface area (Å²) in [6, 6.07) is 14.5. The van der Waals surface area contributed by atoms with Crippen LogP contribution in [-0.2, 0) is 21.4 Å². The fraction of sp³-hybridized carbons (Fsp3) is 0.381. The van der Waals surface area contributed by atoms with Crippen molar-refractivity contribution in [2.24, 2.45) is 0 Å². The largest absolute Gasteiger partial charge is 0.326 e. The fourth-order valence-electron chi connectivity index (χ4n) is 3.12. The van der Waals surface area contributed by atoms with E-state index >= 15 is 0 Å². The summed E-state index contributed by atoms with van der Waals surface area (Å²) in [7, 11) is -1.59. The lowest BCUT2D eigenvalue weighted by molar-refractivity contribution is -0.885. The van der Waals surface area contributed by atoms with E-state index in [0.29, 0.717) is 25.3 Å². The molecule has 0 saturated carbocycles. The van der Waals surface area contributed by atoms with Gasteiger partial charge in [-0.05, 0) is 30.7 Å². The molecule has 0 aromatic heterocycles. The first-order valence-electron chi connectivity index (χ1n) is 9.53. The molecule has 2 rings (SSSR count). The number of amides is 1. The highest BCUT2D eigenvalue weighted by Crippen LogP contribution is 2.19. The van der Waals surface area contributed by atoms with Gasteiger partial charge in [-0.25, -0.2) is 8.42 Å². The van der Waals surface area contributed by atoms with E-state index in [1.807, 2.05) is 19.2 Å². The van der Waals surface area contributed by atoms with Crippen molar-refractivity contribution >= 4 is 21.6 Å². The zero-order chi connectivity index (χ0) is 20.7. The van der Waals surface area contributed by atoms with Gasteiger partial charge in [0.05, 0.1) is 11.9 Å². The fourth-order valence-corrected chi connectivity index (χ4v) is 4.63. The van der Waals surface area contributed by atoms with Crippen LogP contribution in [0.15, 0.2) is 53.4 Å². The number of hydrogen-bond donors (Lipinski definition) is 2. The van der Waals surface area contributed by atoms with E-state index in [2.05, 4.69) is 24.4 Å². The minimum Gasteiger partial charge on any atom is -0.326 e. The molecule has 2 aromatic carbocycles. The maximum Gasteiger partial charge on any atom is 0.279 e. The van der Waals surface area contributed by atoms with Crippen LogP contribution in [0.4, 0.5) is 5.69 Å². The summed E-state index contributed by atoms with van der Waals surface area (Å²) in [6.45, 7) is 7.52. The first-order chi connectivity index (χ1) is 13.3. The van der Waals surface area contributed by atoms with Crippen LogP contribution in [0.3, 0.4) is 0 Å². The normalized spacial score (nSPS) is 12.8. The summed E-state index contributed by atoms with van der Waals surface area (Å²) in [4.78, 5) is 13.7. The summed E-state index contributed by atoms with van der Waals surface area (Å²) in [6.07, 6.45) is 0. The summed E-state index contributed by atoms with van der Waals surface area (Å²) in [5, 5.41) is 2.82. The average Bonchev–Trinajstić information content (AvgIpc) is 2.64. The molecule has 0 radical (unpaired) electrons. The topological polar surface area (TPSA) is 70.9 Å². The second-order valence-corrected chi connectivity index (χ2v) is 8.84. The standard InChI is InChI=1S/C21H29N3O3S/c1-5-24(6-2)28(26,27)20-13-9-12-19(14-20)22-21(25)16-23(4)15-18-11-8-7-10-17(18)3/h7-14H,5-6,15-16H2,1-4H3,(H,22,25)/p+1. The van der Waals surface area contributed by atoms with Crippen LogP contribution in [0.1, 0.15) is 25.0 Å². The Balaban J connectivity index is 2.03. The van der Waals surface area contributed by atoms with Crippen LogP contribution >= 0.6 is 0 Å². The third-order valence-electron chi connectivity index (χ3n) is 4.68. The molecular weight excluding hydrogens is 374 g/mol. The van der Waals surface area contributed by atoms with Gasteiger partial charge in [0.1, 0.15) is 6.54 Å². The van der Waals surface area contributed by atoms with Crippen molar-refractivity contribution in [2.45, 2.75) is 32.2 Å². The number of quaternary nitrogens is 1. The summed E-state index contributed by atoms with van der Waals surface area (Å²) in [5.74, 6) is -0.150. The number of nitrogens with zero attached hydrogens (tertiary/aromatic N) is 1. The molecule has 2 aromatic rings. The van der Waals surface area contributed by atoms with Crippen molar-refractivity contribution in [1.29, 1.82) is 0 Å². The van der Waals surface area contributed by atoms with Crippen molar-refractivity contribution in [3.63, 3.8) is 0 Å². The number of likely N-dealkylation sites (N-methyl/N-ethyl adjacent to an activating group) is 1. The zero-order valence-electron chi connectivity index (χ0n) is 17.0. The number of hydrogen-bond acceptors (Lipinski definition) is 3. The van der Waals surface area contributed by atoms with Crippen LogP contribution in [0.25, 0.3) is 0 Å². The predicted octanol–water partition coefficient (Wildman–Crippen LogP) is 1.68. The number of aryl methyl sites for hydroxylation is 1. The van der Waals surface area contributed by atoms with E-state index in [-0.39, 0.29) is 10.8 Å². The molecule has 0 aliphatic carbocycles. The van der Waals surface area contributed by atoms with Gasteiger partial charge in [0, 0.05) is 24.3 Å². The van der Waals surface area contributed by atoms with Crippen molar-refractivity contribution in [1.82, 2.24) is 4.31 Å². The van der Waals surface area contributed by atoms with E-state index in [1.54, 1.807) is 32.0 Å². The summed E-state index contributed by atoms with van der Waals surface area (Å²) in [5.41, 5.74) is 2.90. The molecule has 0 aliphatic rings. The molecule has 1 amide bonds. The lowest BCUT2D eigenvalue weighted by Crippen LogP contribution is -3.08. The Bertz CT molecular complexity index is 909. The van der Waals surface area contributed by atoms with Crippen LogP contribution in [0, 0.1) is 6.92 Å². The number of carbonyl (C=O) groups is 1. The van der Waals surface area contributed by atoms with Gasteiger partial charge in [-0.2, -0.15) is 4.31 Å². The van der Waals surface area contributed by atoms with Gasteiger partial charge in [-0.1, -0.05) is 44.2 Å². The number of anilines is 1. The highest BCUT2D eigenvalue weighted by molar-refractivity contribution is 7.89. The molecule has 0 saturated heterocycles. The number of rotatable bonds is 9. The minimum atomic E-state index is -3.55. The molecule has 1 unspecified atom stereocenters. The summed E-state index contributed by atoms with van der Waals surface area (Å²) >= 11 is 0. The smallest absolute Gasteiger partial charge is 0.279 e. The van der Waals surface area contributed by atoms with E-state index < -0.39 is 10.0 Å². The van der Waals surface area contributed by atoms with Gasteiger partial charge in [-0.3, -0.25) is 4.79 Å². The molecule has 6 nitrogen and oxygen atoms in total. The zero-order valence-corrected chi connectivity index (χ0v) is 17.8. The maximum atomic E-state index is 12.7. The Kier molecular flexibility index (Phi) is 7.74. The molecule has 0 spiro atoms. The van der Waals surface area contributed by atoms with E-state index in [0.717, 1.165) is 11.4 Å². The number of nitrogens with one attached hydrogen (secondary N) is 2. The Hall–Kier alpha value is -2.22. The molecular formula is C21H30N3O3S+. The second-order valence-electron chi connectivity index (χ2n) is 6.90. The number of carbonyl (C=O) groups excluding carboxylic acids is 1. The highest BCUT2D eigenvalue weighted by atomic mass is 32.2. The Morgan fingerprint density at radius 1 is 1.07 bits per heavy atom. The Morgan fingerprint density at radius 2 is 1.75 bits per heavy atom. The van der Waals surface area contributed by atoms with Crippen LogP contribution < -0.4 is 10.2 Å². The minimum absolute atomic E-state index is 0.150. The van der Waals surface area contributed by atoms with Gasteiger partial charge in [0.25, 0.3) is 5.91 Å². The van der Waals surface area contributed by atoms with E-state index in [1.165, 1.54) is 21.5 Å². The SMILES string of the molecule is CCN(CC)S(=O)(=O)c1cccc(NC(=O)C[NH+](C)Cc2ccccc2C)c1. The van der Waals surface area contributed by atoms with Gasteiger partial charge >= 0.3 is 0 Å². The van der Waals surface area contributed by atoms with Crippen LogP contribution in [0.2, 0.25) is 0 Å². The molecule has 152 valence electrons. The first-order valence-corrected chi connectivity index (χ1v) is 11.0. The van der Waals surface area contributed by atoms with Gasteiger partial charge < -0.3 is 10.2 Å². The maximum absolute atomic E-state index is 12.7. The molecule has 0 heterocycles. The number of benzene rings is 2. The lowest BCUT2D eigenvalue weighted by Gasteiger charge is -2.19. The van der Waals surface area contributed by atoms with Gasteiger partial charge in [-0.15, -0.1) is 0 Å². The third-order valence-corrected chi connectivity index (χ3v) is 6.72. The monoisotopic (exact) mass is 404 g/mol. The molecule has 7 heteroatoms. The van der Waals surface area contributed by atoms with Crippen LogP contribution in [-0.4, -0.2) is 45.3 Å². The van der Waals surface area contributed by atoms with E-state index in [4.69, 9.17) is 0 Å². The Labute approximate surface area is 168 Å². The van der Waals surface area contributed by atoms with Gasteiger partial charge in [0.2, 0.25) is 10.0 Å². The van der Waals surface area contributed by atoms with Crippen molar-refractivity contribution < 1.29 is 18.1 Å². The van der Waals surface area contributed by atoms with Gasteiger partial charge in [0.15, 0.2) is 6.54 Å². The molecule has 0 bridgehead atoms. The summed E-state index contributed by atoms with van der Waals surface area (Å²) < 4.78 is 26.7. The molecule has 0 aliphatic heterocycles. The van der Waals surface area contributed by atoms with Crippen LogP contribution in [0.5, 0.6) is 0 Å². The lowest BCUT2D eigenvalue weighted by atomic mass is 10.1. The highest BCUT2D eigenvalue weighted by Gasteiger charge is 2.22. The third kappa shape index (κ3) is 5.64. The number of sulfonamides is 1. The van der Waals surface area contributed by atoms with Crippen molar-refractivity contribution in [3.8, 4) is 0 Å². The second kappa shape index (κ2) is 9.82.